The molecule has 0 spiro atoms. The molecule has 4 aliphatic rings. The Hall–Kier alpha value is -7.99. The molecular weight excluding hydrogens is 997 g/mol. The molecule has 4 fully saturated rings. The summed E-state index contributed by atoms with van der Waals surface area (Å²) in [6, 6.07) is 18.4. The number of ether oxygens (including phenoxy) is 5. The van der Waals surface area contributed by atoms with E-state index in [4.69, 9.17) is 29.4 Å². The molecule has 5 heterocycles. The van der Waals surface area contributed by atoms with Gasteiger partial charge in [0.25, 0.3) is 0 Å². The van der Waals surface area contributed by atoms with Gasteiger partial charge in [-0.25, -0.2) is 19.4 Å². The van der Waals surface area contributed by atoms with Crippen molar-refractivity contribution in [1.29, 1.82) is 0 Å². The Kier molecular flexibility index (Phi) is 18.4. The van der Waals surface area contributed by atoms with Crippen molar-refractivity contribution in [1.82, 2.24) is 35.6 Å². The number of piperazine rings is 2. The number of para-hydroxylation sites is 1. The van der Waals surface area contributed by atoms with Crippen LogP contribution in [0.2, 0.25) is 0 Å². The van der Waals surface area contributed by atoms with Crippen LogP contribution in [0.1, 0.15) is 64.4 Å². The maximum absolute atomic E-state index is 13.6. The minimum Gasteiger partial charge on any atom is -0.476 e. The maximum Gasteiger partial charge on any atom is 0.413 e. The largest absolute Gasteiger partial charge is 0.476 e. The monoisotopic (exact) mass is 1060 g/mol. The fraction of sp³-hybridized carbons (Fsp3) is 0.491. The van der Waals surface area contributed by atoms with Crippen molar-refractivity contribution in [2.75, 3.05) is 93.4 Å². The second-order valence-corrected chi connectivity index (χ2v) is 19.5. The summed E-state index contributed by atoms with van der Waals surface area (Å²) in [5.41, 5.74) is 7.71. The first-order valence-electron chi connectivity index (χ1n) is 26.0. The number of rotatable bonds is 23. The zero-order valence-corrected chi connectivity index (χ0v) is 43.6. The molecule has 4 atom stereocenters. The summed E-state index contributed by atoms with van der Waals surface area (Å²) >= 11 is 0. The number of benzene rings is 2. The number of anilines is 4. The van der Waals surface area contributed by atoms with Gasteiger partial charge in [0, 0.05) is 100 Å². The number of amides is 6. The van der Waals surface area contributed by atoms with E-state index < -0.39 is 47.5 Å². The van der Waals surface area contributed by atoms with Crippen molar-refractivity contribution in [3.63, 3.8) is 0 Å². The van der Waals surface area contributed by atoms with Gasteiger partial charge in [-0.2, -0.15) is 0 Å². The van der Waals surface area contributed by atoms with Crippen molar-refractivity contribution >= 4 is 58.9 Å². The lowest BCUT2D eigenvalue weighted by Crippen LogP contribution is -2.56. The van der Waals surface area contributed by atoms with Gasteiger partial charge >= 0.3 is 24.2 Å². The van der Waals surface area contributed by atoms with Gasteiger partial charge in [-0.3, -0.25) is 24.6 Å². The van der Waals surface area contributed by atoms with E-state index >= 15 is 0 Å². The van der Waals surface area contributed by atoms with Crippen LogP contribution in [0.5, 0.6) is 11.6 Å². The van der Waals surface area contributed by atoms with Crippen LogP contribution in [0.3, 0.4) is 0 Å². The molecule has 3 aliphatic heterocycles. The molecule has 24 heteroatoms. The van der Waals surface area contributed by atoms with Crippen molar-refractivity contribution in [3.8, 4) is 22.9 Å². The van der Waals surface area contributed by atoms with Crippen LogP contribution >= 0.6 is 0 Å². The summed E-state index contributed by atoms with van der Waals surface area (Å²) < 4.78 is 28.1. The summed E-state index contributed by atoms with van der Waals surface area (Å²) in [4.78, 5) is 89.1. The number of fused-ring (bicyclic) bond motifs is 2. The zero-order valence-electron chi connectivity index (χ0n) is 43.6. The SMILES string of the molecule is CCOC(=O)C1(C(=O)NC(CCCNC(N)=O)C(=O)Nc2ccc(COC(=O)Nc3nnc(-c4ccccc4OCOC)cc3N3CC4CCC(C3)N4c3ccnc(OCCN4CCN(C(=O)O)C[C@H]4C)c3)cc2)CCC1. The summed E-state index contributed by atoms with van der Waals surface area (Å²) in [7, 11) is 1.54. The average molecular weight is 1070 g/mol. The van der Waals surface area contributed by atoms with Crippen molar-refractivity contribution < 1.29 is 57.6 Å². The van der Waals surface area contributed by atoms with Gasteiger partial charge in [-0.1, -0.05) is 30.7 Å². The minimum absolute atomic E-state index is 0.0255. The van der Waals surface area contributed by atoms with E-state index in [1.54, 1.807) is 44.5 Å². The Balaban J connectivity index is 0.915. The molecule has 3 saturated heterocycles. The highest BCUT2D eigenvalue weighted by Gasteiger charge is 2.53. The molecule has 2 bridgehead atoms. The number of urea groups is 1. The molecule has 2 aromatic heterocycles. The normalized spacial score (nSPS) is 19.0. The van der Waals surface area contributed by atoms with Crippen LogP contribution in [0.25, 0.3) is 11.3 Å². The molecule has 1 aliphatic carbocycles. The van der Waals surface area contributed by atoms with E-state index in [0.29, 0.717) is 111 Å². The summed E-state index contributed by atoms with van der Waals surface area (Å²) in [6.07, 6.45) is 3.68. The van der Waals surface area contributed by atoms with E-state index in [1.165, 1.54) is 4.90 Å². The number of carbonyl (C=O) groups is 6. The standard InChI is InChI=1S/C53H68N12O12/c1-4-74-49(68)53(19-8-20-53)48(67)58-41(10-7-21-56-50(54)69)47(66)57-36-14-12-35(13-15-36)32-76-51(70)59-46-43(28-42(60-61-46)40-9-5-6-11-44(40)77-33-73-3)64-30-38-16-17-39(31-64)65(38)37-18-22-55-45(27-37)75-26-25-62-23-24-63(52(71)72)29-34(62)2/h5-6,9,11-15,18,22,27-28,34,38-39,41H,4,7-8,10,16-17,19-21,23-26,29-33H2,1-3H3,(H,57,66)(H,58,67)(H,71,72)(H3,54,56,69)(H,59,61,70)/t34-,38?,39?,41?/m1/s1. The van der Waals surface area contributed by atoms with Gasteiger partial charge in [-0.15, -0.1) is 10.2 Å². The number of hydrogen-bond donors (Lipinski definition) is 6. The second kappa shape index (κ2) is 25.7. The minimum atomic E-state index is -1.36. The summed E-state index contributed by atoms with van der Waals surface area (Å²) in [5, 5.41) is 29.4. The van der Waals surface area contributed by atoms with Crippen LogP contribution in [0, 0.1) is 5.41 Å². The third-order valence-electron chi connectivity index (χ3n) is 14.5. The molecule has 8 rings (SSSR count). The number of hydrogen-bond acceptors (Lipinski definition) is 17. The second-order valence-electron chi connectivity index (χ2n) is 19.5. The predicted molar refractivity (Wildman–Crippen MR) is 282 cm³/mol. The summed E-state index contributed by atoms with van der Waals surface area (Å²) in [5.74, 6) is -0.482. The molecule has 77 heavy (non-hydrogen) atoms. The number of methoxy groups -OCH3 is 1. The molecule has 0 radical (unpaired) electrons. The number of carboxylic acid groups (broad SMARTS) is 1. The Morgan fingerprint density at radius 3 is 2.36 bits per heavy atom. The Bertz CT molecular complexity index is 2720. The lowest BCUT2D eigenvalue weighted by Gasteiger charge is -2.43. The van der Waals surface area contributed by atoms with Crippen molar-refractivity contribution in [2.45, 2.75) is 89.6 Å². The van der Waals surface area contributed by atoms with Crippen LogP contribution in [-0.4, -0.2) is 163 Å². The number of pyridine rings is 1. The Morgan fingerprint density at radius 1 is 0.909 bits per heavy atom. The van der Waals surface area contributed by atoms with E-state index in [0.717, 1.165) is 18.5 Å². The predicted octanol–water partition coefficient (Wildman–Crippen LogP) is 4.80. The lowest BCUT2D eigenvalue weighted by molar-refractivity contribution is -0.167. The highest BCUT2D eigenvalue weighted by molar-refractivity contribution is 6.06. The molecule has 6 amide bonds. The number of primary amides is 1. The number of nitrogens with zero attached hydrogens (tertiary/aromatic N) is 7. The zero-order chi connectivity index (χ0) is 54.5. The van der Waals surface area contributed by atoms with Gasteiger partial charge in [-0.05, 0) is 94.3 Å². The van der Waals surface area contributed by atoms with Gasteiger partial charge < -0.3 is 65.2 Å². The number of nitrogens with one attached hydrogen (secondary N) is 4. The quantitative estimate of drug-likeness (QED) is 0.0252. The molecule has 4 aromatic rings. The highest BCUT2D eigenvalue weighted by Crippen LogP contribution is 2.43. The molecule has 412 valence electrons. The number of aromatic nitrogens is 3. The fourth-order valence-corrected chi connectivity index (χ4v) is 10.3. The van der Waals surface area contributed by atoms with Gasteiger partial charge in [0.1, 0.15) is 30.4 Å². The van der Waals surface area contributed by atoms with Gasteiger partial charge in [0.05, 0.1) is 18.0 Å². The van der Waals surface area contributed by atoms with Crippen molar-refractivity contribution in [2.24, 2.45) is 11.1 Å². The van der Waals surface area contributed by atoms with E-state index in [-0.39, 0.29) is 56.9 Å². The Labute approximate surface area is 446 Å². The smallest absolute Gasteiger partial charge is 0.413 e. The number of esters is 1. The topological polar surface area (TPSA) is 295 Å². The van der Waals surface area contributed by atoms with Gasteiger partial charge in [0.15, 0.2) is 12.6 Å². The first-order valence-corrected chi connectivity index (χ1v) is 26.0. The first kappa shape index (κ1) is 55.2. The van der Waals surface area contributed by atoms with Crippen LogP contribution in [0.15, 0.2) is 72.9 Å². The van der Waals surface area contributed by atoms with Crippen LogP contribution < -0.4 is 46.3 Å². The lowest BCUT2D eigenvalue weighted by atomic mass is 9.68. The number of nitrogens with two attached hydrogens (primary N) is 1. The van der Waals surface area contributed by atoms with Crippen LogP contribution in [-0.2, 0) is 35.2 Å². The summed E-state index contributed by atoms with van der Waals surface area (Å²) in [6.45, 7) is 7.66. The molecule has 24 nitrogen and oxygen atoms in total. The third-order valence-corrected chi connectivity index (χ3v) is 14.5. The molecule has 2 aromatic carbocycles. The fourth-order valence-electron chi connectivity index (χ4n) is 10.3. The van der Waals surface area contributed by atoms with Gasteiger partial charge in [0.2, 0.25) is 17.7 Å². The average Bonchev–Trinajstić information content (AvgIpc) is 3.68. The molecule has 7 N–H and O–H groups in total. The van der Waals surface area contributed by atoms with E-state index in [9.17, 15) is 33.9 Å². The van der Waals surface area contributed by atoms with E-state index in [1.807, 2.05) is 49.4 Å². The maximum atomic E-state index is 13.6. The van der Waals surface area contributed by atoms with Crippen molar-refractivity contribution in [3.05, 3.63) is 78.5 Å². The molecular formula is C53H68N12O12. The Morgan fingerprint density at radius 2 is 1.68 bits per heavy atom. The van der Waals surface area contributed by atoms with E-state index in [2.05, 4.69) is 51.1 Å². The number of carbonyl (C=O) groups excluding carboxylic acids is 5. The van der Waals surface area contributed by atoms with Crippen LogP contribution in [0.4, 0.5) is 37.3 Å². The first-order chi connectivity index (χ1) is 37.2. The third kappa shape index (κ3) is 13.7. The molecule has 3 unspecified atom stereocenters. The molecule has 1 saturated carbocycles. The highest BCUT2D eigenvalue weighted by atomic mass is 16.7.